The number of aryl methyl sites for hydroxylation is 1. The fourth-order valence-electron chi connectivity index (χ4n) is 2.74. The van der Waals surface area contributed by atoms with Gasteiger partial charge in [-0.25, -0.2) is 0 Å². The summed E-state index contributed by atoms with van der Waals surface area (Å²) in [7, 11) is 1.56. The molecule has 6 nitrogen and oxygen atoms in total. The maximum atomic E-state index is 12.6. The molecule has 0 radical (unpaired) electrons. The minimum absolute atomic E-state index is 0.0172. The Kier molecular flexibility index (Phi) is 5.62. The molecule has 1 N–H and O–H groups in total. The molecule has 138 valence electrons. The fourth-order valence-corrected chi connectivity index (χ4v) is 2.74. The molecule has 2 aromatic rings. The Labute approximate surface area is 158 Å². The van der Waals surface area contributed by atoms with Gasteiger partial charge in [-0.15, -0.1) is 0 Å². The zero-order chi connectivity index (χ0) is 19.2. The van der Waals surface area contributed by atoms with Gasteiger partial charge in [0.05, 0.1) is 7.11 Å². The summed E-state index contributed by atoms with van der Waals surface area (Å²) in [5, 5.41) is 12.2. The summed E-state index contributed by atoms with van der Waals surface area (Å²) in [6.07, 6.45) is 2.38. The molecule has 27 heavy (non-hydrogen) atoms. The van der Waals surface area contributed by atoms with Gasteiger partial charge in [0.25, 0.3) is 5.91 Å². The van der Waals surface area contributed by atoms with E-state index in [1.165, 1.54) is 6.08 Å². The SMILES string of the molecule is CCc1ccc(OC)c(/C=C(\C#N)C(=O)Nc2ccc3c(c2)OCCO3)c1. The summed E-state index contributed by atoms with van der Waals surface area (Å²) in [5.41, 5.74) is 2.29. The molecule has 0 bridgehead atoms. The minimum Gasteiger partial charge on any atom is -0.496 e. The Morgan fingerprint density at radius 3 is 2.70 bits per heavy atom. The van der Waals surface area contributed by atoms with Crippen LogP contribution in [0.4, 0.5) is 5.69 Å². The summed E-state index contributed by atoms with van der Waals surface area (Å²) >= 11 is 0. The average Bonchev–Trinajstić information content (AvgIpc) is 2.71. The summed E-state index contributed by atoms with van der Waals surface area (Å²) in [5.74, 6) is 1.31. The number of benzene rings is 2. The fraction of sp³-hybridized carbons (Fsp3) is 0.238. The molecule has 0 aromatic heterocycles. The predicted octanol–water partition coefficient (Wildman–Crippen LogP) is 3.57. The number of nitriles is 1. The van der Waals surface area contributed by atoms with E-state index in [0.717, 1.165) is 12.0 Å². The van der Waals surface area contributed by atoms with Crippen LogP contribution in [0.2, 0.25) is 0 Å². The van der Waals surface area contributed by atoms with E-state index in [-0.39, 0.29) is 5.57 Å². The lowest BCUT2D eigenvalue weighted by Gasteiger charge is -2.19. The average molecular weight is 364 g/mol. The van der Waals surface area contributed by atoms with Crippen LogP contribution < -0.4 is 19.5 Å². The van der Waals surface area contributed by atoms with Crippen LogP contribution in [0.25, 0.3) is 6.08 Å². The number of ether oxygens (including phenoxy) is 3. The van der Waals surface area contributed by atoms with Crippen molar-refractivity contribution in [2.75, 3.05) is 25.6 Å². The summed E-state index contributed by atoms with van der Waals surface area (Å²) in [6.45, 7) is 3.00. The molecule has 0 saturated heterocycles. The largest absolute Gasteiger partial charge is 0.496 e. The summed E-state index contributed by atoms with van der Waals surface area (Å²) < 4.78 is 16.3. The van der Waals surface area contributed by atoms with Crippen molar-refractivity contribution in [3.63, 3.8) is 0 Å². The van der Waals surface area contributed by atoms with Gasteiger partial charge in [-0.1, -0.05) is 13.0 Å². The van der Waals surface area contributed by atoms with Crippen LogP contribution in [0, 0.1) is 11.3 Å². The third kappa shape index (κ3) is 4.21. The number of methoxy groups -OCH3 is 1. The maximum absolute atomic E-state index is 12.6. The van der Waals surface area contributed by atoms with E-state index in [1.54, 1.807) is 25.3 Å². The highest BCUT2D eigenvalue weighted by atomic mass is 16.6. The highest BCUT2D eigenvalue weighted by molar-refractivity contribution is 6.10. The zero-order valence-electron chi connectivity index (χ0n) is 15.2. The molecule has 0 spiro atoms. The van der Waals surface area contributed by atoms with Crippen molar-refractivity contribution in [3.8, 4) is 23.3 Å². The first-order chi connectivity index (χ1) is 13.1. The molecule has 0 unspecified atom stereocenters. The minimum atomic E-state index is -0.502. The van der Waals surface area contributed by atoms with Gasteiger partial charge in [0.1, 0.15) is 30.6 Å². The smallest absolute Gasteiger partial charge is 0.266 e. The van der Waals surface area contributed by atoms with Crippen molar-refractivity contribution in [3.05, 3.63) is 53.1 Å². The molecule has 2 aromatic carbocycles. The Balaban J connectivity index is 1.84. The third-order valence-corrected chi connectivity index (χ3v) is 4.17. The monoisotopic (exact) mass is 364 g/mol. The number of nitrogens with zero attached hydrogens (tertiary/aromatic N) is 1. The predicted molar refractivity (Wildman–Crippen MR) is 102 cm³/mol. The highest BCUT2D eigenvalue weighted by Gasteiger charge is 2.15. The maximum Gasteiger partial charge on any atom is 0.266 e. The molecular weight excluding hydrogens is 344 g/mol. The Bertz CT molecular complexity index is 928. The van der Waals surface area contributed by atoms with Gasteiger partial charge in [-0.05, 0) is 42.3 Å². The molecule has 3 rings (SSSR count). The van der Waals surface area contributed by atoms with Gasteiger partial charge in [-0.3, -0.25) is 4.79 Å². The normalized spacial score (nSPS) is 12.9. The molecule has 0 aliphatic carbocycles. The number of amides is 1. The van der Waals surface area contributed by atoms with Crippen molar-refractivity contribution in [2.24, 2.45) is 0 Å². The number of hydrogen-bond donors (Lipinski definition) is 1. The van der Waals surface area contributed by atoms with Crippen LogP contribution >= 0.6 is 0 Å². The Morgan fingerprint density at radius 1 is 1.22 bits per heavy atom. The number of anilines is 1. The van der Waals surface area contributed by atoms with Crippen molar-refractivity contribution in [1.29, 1.82) is 5.26 Å². The Hall–Kier alpha value is -3.46. The van der Waals surface area contributed by atoms with Gasteiger partial charge in [-0.2, -0.15) is 5.26 Å². The Morgan fingerprint density at radius 2 is 2.00 bits per heavy atom. The lowest BCUT2D eigenvalue weighted by Crippen LogP contribution is -2.17. The first-order valence-electron chi connectivity index (χ1n) is 8.64. The molecule has 1 aliphatic heterocycles. The van der Waals surface area contributed by atoms with Crippen LogP contribution in [0.15, 0.2) is 42.0 Å². The van der Waals surface area contributed by atoms with Crippen LogP contribution in [0.1, 0.15) is 18.1 Å². The first kappa shape index (κ1) is 18.3. The molecule has 0 saturated carbocycles. The second-order valence-electron chi connectivity index (χ2n) is 5.91. The first-order valence-corrected chi connectivity index (χ1v) is 8.64. The third-order valence-electron chi connectivity index (χ3n) is 4.17. The number of fused-ring (bicyclic) bond motifs is 1. The molecule has 1 heterocycles. The van der Waals surface area contributed by atoms with E-state index in [1.807, 2.05) is 31.2 Å². The number of carbonyl (C=O) groups excluding carboxylic acids is 1. The van der Waals surface area contributed by atoms with Gasteiger partial charge < -0.3 is 19.5 Å². The van der Waals surface area contributed by atoms with E-state index < -0.39 is 5.91 Å². The standard InChI is InChI=1S/C21H20N2O4/c1-3-14-4-6-18(25-2)15(10-14)11-16(13-22)21(24)23-17-5-7-19-20(12-17)27-9-8-26-19/h4-7,10-12H,3,8-9H2,1-2H3,(H,23,24)/b16-11+. The van der Waals surface area contributed by atoms with E-state index in [2.05, 4.69) is 5.32 Å². The lowest BCUT2D eigenvalue weighted by molar-refractivity contribution is -0.112. The second-order valence-corrected chi connectivity index (χ2v) is 5.91. The van der Waals surface area contributed by atoms with Gasteiger partial charge in [0, 0.05) is 17.3 Å². The van der Waals surface area contributed by atoms with Crippen LogP contribution in [-0.2, 0) is 11.2 Å². The molecule has 0 atom stereocenters. The van der Waals surface area contributed by atoms with E-state index in [0.29, 0.717) is 41.7 Å². The number of rotatable bonds is 5. The van der Waals surface area contributed by atoms with Crippen LogP contribution in [0.5, 0.6) is 17.2 Å². The van der Waals surface area contributed by atoms with Gasteiger partial charge >= 0.3 is 0 Å². The van der Waals surface area contributed by atoms with Gasteiger partial charge in [0.2, 0.25) is 0 Å². The van der Waals surface area contributed by atoms with Crippen LogP contribution in [-0.4, -0.2) is 26.2 Å². The summed E-state index contributed by atoms with van der Waals surface area (Å²) in [4.78, 5) is 12.6. The second kappa shape index (κ2) is 8.28. The molecule has 0 fully saturated rings. The quantitative estimate of drug-likeness (QED) is 0.648. The van der Waals surface area contributed by atoms with E-state index >= 15 is 0 Å². The molecular formula is C21H20N2O4. The van der Waals surface area contributed by atoms with Crippen molar-refractivity contribution >= 4 is 17.7 Å². The number of carbonyl (C=O) groups is 1. The van der Waals surface area contributed by atoms with Gasteiger partial charge in [0.15, 0.2) is 11.5 Å². The lowest BCUT2D eigenvalue weighted by atomic mass is 10.0. The molecule has 1 amide bonds. The van der Waals surface area contributed by atoms with E-state index in [4.69, 9.17) is 14.2 Å². The highest BCUT2D eigenvalue weighted by Crippen LogP contribution is 2.32. The molecule has 1 aliphatic rings. The number of hydrogen-bond acceptors (Lipinski definition) is 5. The topological polar surface area (TPSA) is 80.6 Å². The van der Waals surface area contributed by atoms with E-state index in [9.17, 15) is 10.1 Å². The number of nitrogens with one attached hydrogen (secondary N) is 1. The zero-order valence-corrected chi connectivity index (χ0v) is 15.2. The van der Waals surface area contributed by atoms with Crippen LogP contribution in [0.3, 0.4) is 0 Å². The summed E-state index contributed by atoms with van der Waals surface area (Å²) in [6, 6.07) is 12.8. The molecule has 6 heteroatoms. The van der Waals surface area contributed by atoms with Crippen molar-refractivity contribution in [2.45, 2.75) is 13.3 Å². The van der Waals surface area contributed by atoms with Crippen molar-refractivity contribution < 1.29 is 19.0 Å². The van der Waals surface area contributed by atoms with Crippen molar-refractivity contribution in [1.82, 2.24) is 0 Å².